The van der Waals surface area contributed by atoms with Crippen molar-refractivity contribution >= 4 is 83.7 Å². The van der Waals surface area contributed by atoms with Crippen LogP contribution >= 0.6 is 46.4 Å². The summed E-state index contributed by atoms with van der Waals surface area (Å²) in [6.45, 7) is 0.359. The van der Waals surface area contributed by atoms with Crippen molar-refractivity contribution in [2.24, 2.45) is 5.92 Å². The smallest absolute Gasteiger partial charge is 0.261 e. The third-order valence-corrected chi connectivity index (χ3v) is 10.5. The van der Waals surface area contributed by atoms with E-state index in [-0.39, 0.29) is 55.4 Å². The van der Waals surface area contributed by atoms with E-state index in [1.165, 1.54) is 46.8 Å². The number of piperidine rings is 1. The number of carbonyl (C=O) groups excluding carboxylic acids is 1. The van der Waals surface area contributed by atoms with Crippen molar-refractivity contribution in [2.75, 3.05) is 23.1 Å². The van der Waals surface area contributed by atoms with Gasteiger partial charge in [-0.25, -0.2) is 21.1 Å². The highest BCUT2D eigenvalue weighted by Crippen LogP contribution is 2.30. The van der Waals surface area contributed by atoms with Gasteiger partial charge in [-0.15, -0.1) is 0 Å². The molecule has 0 radical (unpaired) electrons. The molecule has 0 saturated carbocycles. The number of hydrogen-bond acceptors (Lipinski definition) is 5. The molecule has 0 spiro atoms. The molecule has 1 heterocycles. The maximum atomic E-state index is 12.9. The molecular weight excluding hydrogens is 628 g/mol. The van der Waals surface area contributed by atoms with Gasteiger partial charge in [0.1, 0.15) is 0 Å². The number of anilines is 2. The summed E-state index contributed by atoms with van der Waals surface area (Å²) in [7, 11) is -7.60. The lowest BCUT2D eigenvalue weighted by atomic mass is 9.97. The third kappa shape index (κ3) is 7.58. The molecule has 1 amide bonds. The van der Waals surface area contributed by atoms with E-state index in [1.807, 2.05) is 0 Å². The first-order chi connectivity index (χ1) is 18.3. The maximum absolute atomic E-state index is 12.9. The molecule has 1 fully saturated rings. The van der Waals surface area contributed by atoms with Gasteiger partial charge in [-0.1, -0.05) is 52.5 Å². The zero-order valence-corrected chi connectivity index (χ0v) is 24.9. The number of nitrogens with zero attached hydrogens (tertiary/aromatic N) is 1. The van der Waals surface area contributed by atoms with Gasteiger partial charge < -0.3 is 5.32 Å². The second-order valence-corrected chi connectivity index (χ2v) is 14.2. The molecule has 208 valence electrons. The fourth-order valence-electron chi connectivity index (χ4n) is 4.13. The molecule has 1 aliphatic rings. The van der Waals surface area contributed by atoms with Gasteiger partial charge in [0.25, 0.3) is 10.0 Å². The minimum absolute atomic E-state index is 0.0197. The van der Waals surface area contributed by atoms with Crippen molar-refractivity contribution in [2.45, 2.75) is 23.5 Å². The van der Waals surface area contributed by atoms with Crippen LogP contribution in [0.15, 0.2) is 65.6 Å². The van der Waals surface area contributed by atoms with Crippen molar-refractivity contribution < 1.29 is 21.6 Å². The van der Waals surface area contributed by atoms with Gasteiger partial charge in [-0.3, -0.25) is 9.52 Å². The zero-order chi connectivity index (χ0) is 28.4. The number of rotatable bonds is 8. The highest BCUT2D eigenvalue weighted by atomic mass is 35.5. The number of amides is 1. The van der Waals surface area contributed by atoms with E-state index in [0.717, 1.165) is 0 Å². The predicted molar refractivity (Wildman–Crippen MR) is 156 cm³/mol. The number of hydrogen-bond donors (Lipinski definition) is 2. The van der Waals surface area contributed by atoms with Crippen LogP contribution in [-0.2, 0) is 30.6 Å². The second-order valence-electron chi connectivity index (χ2n) is 8.91. The van der Waals surface area contributed by atoms with Crippen molar-refractivity contribution in [3.8, 4) is 0 Å². The van der Waals surface area contributed by atoms with E-state index < -0.39 is 26.0 Å². The summed E-state index contributed by atoms with van der Waals surface area (Å²) in [5, 5.41) is 3.90. The van der Waals surface area contributed by atoms with Crippen LogP contribution in [0.2, 0.25) is 20.1 Å². The van der Waals surface area contributed by atoms with E-state index in [1.54, 1.807) is 18.2 Å². The number of sulfonamides is 2. The molecule has 1 aliphatic heterocycles. The second kappa shape index (κ2) is 12.2. The summed E-state index contributed by atoms with van der Waals surface area (Å²) in [6, 6.07) is 14.8. The highest BCUT2D eigenvalue weighted by Gasteiger charge is 2.32. The van der Waals surface area contributed by atoms with E-state index in [2.05, 4.69) is 10.0 Å². The van der Waals surface area contributed by atoms with Gasteiger partial charge in [0, 0.05) is 50.3 Å². The SMILES string of the molecule is O=C(Nc1ccc(S(=O)(=O)Nc2cc(Cl)cc(Cl)c2)cc1)C1CCN(S(=O)(=O)Cc2c(Cl)cccc2Cl)CC1. The largest absolute Gasteiger partial charge is 0.326 e. The molecule has 3 aromatic rings. The van der Waals surface area contributed by atoms with Crippen LogP contribution in [0, 0.1) is 5.92 Å². The molecule has 0 aromatic heterocycles. The molecule has 14 heteroatoms. The van der Waals surface area contributed by atoms with Crippen molar-refractivity contribution in [3.63, 3.8) is 0 Å². The van der Waals surface area contributed by atoms with Gasteiger partial charge >= 0.3 is 0 Å². The van der Waals surface area contributed by atoms with Crippen LogP contribution < -0.4 is 10.0 Å². The van der Waals surface area contributed by atoms with Gasteiger partial charge in [-0.05, 0) is 67.4 Å². The van der Waals surface area contributed by atoms with Gasteiger partial charge in [-0.2, -0.15) is 0 Å². The summed E-state index contributed by atoms with van der Waals surface area (Å²) in [4.78, 5) is 12.8. The summed E-state index contributed by atoms with van der Waals surface area (Å²) >= 11 is 24.1. The fourth-order valence-corrected chi connectivity index (χ4v) is 8.01. The van der Waals surface area contributed by atoms with E-state index >= 15 is 0 Å². The average Bonchev–Trinajstić information content (AvgIpc) is 2.86. The lowest BCUT2D eigenvalue weighted by Crippen LogP contribution is -2.42. The molecule has 1 saturated heterocycles. The molecule has 0 atom stereocenters. The third-order valence-electron chi connectivity index (χ3n) is 6.15. The van der Waals surface area contributed by atoms with E-state index in [0.29, 0.717) is 24.1 Å². The summed E-state index contributed by atoms with van der Waals surface area (Å²) in [5.74, 6) is -1.00. The molecule has 2 N–H and O–H groups in total. The Labute approximate surface area is 247 Å². The minimum atomic E-state index is -3.92. The quantitative estimate of drug-likeness (QED) is 0.298. The molecule has 0 unspecified atom stereocenters. The maximum Gasteiger partial charge on any atom is 0.261 e. The van der Waals surface area contributed by atoms with Crippen LogP contribution in [0.25, 0.3) is 0 Å². The van der Waals surface area contributed by atoms with E-state index in [4.69, 9.17) is 46.4 Å². The Morgan fingerprint density at radius 3 is 1.95 bits per heavy atom. The fraction of sp³-hybridized carbons (Fsp3) is 0.240. The Hall–Kier alpha value is -2.05. The summed E-state index contributed by atoms with van der Waals surface area (Å²) in [5.41, 5.74) is 0.971. The Bertz CT molecular complexity index is 1550. The summed E-state index contributed by atoms with van der Waals surface area (Å²) < 4.78 is 55.0. The number of halogens is 4. The minimum Gasteiger partial charge on any atom is -0.326 e. The number of carbonyl (C=O) groups is 1. The Kier molecular flexibility index (Phi) is 9.37. The molecule has 0 aliphatic carbocycles. The van der Waals surface area contributed by atoms with Crippen LogP contribution in [-0.4, -0.2) is 40.1 Å². The standard InChI is InChI=1S/C25H23Cl4N3O5S2/c26-17-12-18(27)14-20(13-17)31-39(36,37)21-6-4-19(5-7-21)30-25(33)16-8-10-32(11-9-16)38(34,35)15-22-23(28)2-1-3-24(22)29/h1-7,12-14,16,31H,8-11,15H2,(H,30,33). The van der Waals surface area contributed by atoms with Crippen molar-refractivity contribution in [1.82, 2.24) is 4.31 Å². The average molecular weight is 651 g/mol. The van der Waals surface area contributed by atoms with Gasteiger partial charge in [0.15, 0.2) is 0 Å². The first kappa shape index (κ1) is 29.9. The first-order valence-corrected chi connectivity index (χ1v) is 16.2. The zero-order valence-electron chi connectivity index (χ0n) is 20.2. The van der Waals surface area contributed by atoms with E-state index in [9.17, 15) is 21.6 Å². The Morgan fingerprint density at radius 2 is 1.38 bits per heavy atom. The van der Waals surface area contributed by atoms with Gasteiger partial charge in [0.2, 0.25) is 15.9 Å². The summed E-state index contributed by atoms with van der Waals surface area (Å²) in [6.07, 6.45) is 0.666. The van der Waals surface area contributed by atoms with Crippen LogP contribution in [0.1, 0.15) is 18.4 Å². The lowest BCUT2D eigenvalue weighted by Gasteiger charge is -2.30. The number of nitrogens with one attached hydrogen (secondary N) is 2. The predicted octanol–water partition coefficient (Wildman–Crippen LogP) is 6.28. The van der Waals surface area contributed by atoms with Crippen LogP contribution in [0.5, 0.6) is 0 Å². The molecule has 4 rings (SSSR count). The van der Waals surface area contributed by atoms with Gasteiger partial charge in [0.05, 0.1) is 16.3 Å². The molecule has 8 nitrogen and oxygen atoms in total. The van der Waals surface area contributed by atoms with Crippen LogP contribution in [0.4, 0.5) is 11.4 Å². The lowest BCUT2D eigenvalue weighted by molar-refractivity contribution is -0.120. The number of benzene rings is 3. The Morgan fingerprint density at radius 1 is 0.821 bits per heavy atom. The molecule has 3 aromatic carbocycles. The molecule has 0 bridgehead atoms. The molecular formula is C25H23Cl4N3O5S2. The Balaban J connectivity index is 1.33. The monoisotopic (exact) mass is 649 g/mol. The first-order valence-electron chi connectivity index (χ1n) is 11.6. The highest BCUT2D eigenvalue weighted by molar-refractivity contribution is 7.92. The van der Waals surface area contributed by atoms with Crippen molar-refractivity contribution in [3.05, 3.63) is 86.3 Å². The molecule has 39 heavy (non-hydrogen) atoms. The topological polar surface area (TPSA) is 113 Å². The van der Waals surface area contributed by atoms with Crippen LogP contribution in [0.3, 0.4) is 0 Å². The normalized spacial score (nSPS) is 15.2. The van der Waals surface area contributed by atoms with Crippen molar-refractivity contribution in [1.29, 1.82) is 0 Å².